The summed E-state index contributed by atoms with van der Waals surface area (Å²) in [6, 6.07) is 3.78. The summed E-state index contributed by atoms with van der Waals surface area (Å²) in [7, 11) is 0.644. The largest absolute Gasteiger partial charge is 0.493 e. The van der Waals surface area contributed by atoms with Crippen molar-refractivity contribution in [3.8, 4) is 11.5 Å². The van der Waals surface area contributed by atoms with Crippen LogP contribution in [0.3, 0.4) is 0 Å². The molecule has 0 saturated carbocycles. The van der Waals surface area contributed by atoms with E-state index in [1.54, 1.807) is 26.0 Å². The lowest BCUT2D eigenvalue weighted by atomic mass is 9.98. The minimum absolute atomic E-state index is 0.00798. The molecule has 2 aromatic rings. The van der Waals surface area contributed by atoms with Gasteiger partial charge in [0.15, 0.2) is 17.3 Å². The predicted molar refractivity (Wildman–Crippen MR) is 104 cm³/mol. The minimum Gasteiger partial charge on any atom is -0.493 e. The van der Waals surface area contributed by atoms with E-state index in [1.807, 2.05) is 12.1 Å². The van der Waals surface area contributed by atoms with Crippen LogP contribution in [-0.2, 0) is 27.8 Å². The van der Waals surface area contributed by atoms with Gasteiger partial charge < -0.3 is 18.9 Å². The van der Waals surface area contributed by atoms with Gasteiger partial charge in [-0.3, -0.25) is 4.79 Å². The lowest BCUT2D eigenvalue weighted by Gasteiger charge is -2.30. The fourth-order valence-electron chi connectivity index (χ4n) is 3.47. The molecule has 1 aromatic carbocycles. The Hall–Kier alpha value is -2.59. The normalized spacial score (nSPS) is 14.1. The van der Waals surface area contributed by atoms with E-state index in [2.05, 4.69) is 5.16 Å². The molecule has 1 aliphatic rings. The van der Waals surface area contributed by atoms with Crippen LogP contribution in [-0.4, -0.2) is 63.0 Å². The van der Waals surface area contributed by atoms with Crippen LogP contribution in [0, 0.1) is 13.8 Å². The number of nitrogens with zero attached hydrogens (tertiary/aromatic N) is 3. The lowest BCUT2D eigenvalue weighted by molar-refractivity contribution is -0.132. The number of ether oxygens (including phenoxy) is 2. The van der Waals surface area contributed by atoms with Crippen molar-refractivity contribution in [2.75, 3.05) is 34.4 Å². The van der Waals surface area contributed by atoms with Crippen molar-refractivity contribution in [2.24, 2.45) is 0 Å². The highest BCUT2D eigenvalue weighted by molar-refractivity contribution is 7.89. The van der Waals surface area contributed by atoms with Crippen LogP contribution >= 0.6 is 0 Å². The molecule has 29 heavy (non-hydrogen) atoms. The topological polar surface area (TPSA) is 102 Å². The number of carbonyl (C=O) groups is 1. The highest BCUT2D eigenvalue weighted by Gasteiger charge is 2.31. The number of rotatable bonds is 6. The first-order valence-corrected chi connectivity index (χ1v) is 10.5. The van der Waals surface area contributed by atoms with Gasteiger partial charge in [-0.2, -0.15) is 4.31 Å². The summed E-state index contributed by atoms with van der Waals surface area (Å²) in [5.41, 5.74) is 2.32. The summed E-state index contributed by atoms with van der Waals surface area (Å²) in [4.78, 5) is 14.5. The Morgan fingerprint density at radius 1 is 1.21 bits per heavy atom. The number of benzene rings is 1. The summed E-state index contributed by atoms with van der Waals surface area (Å²) in [5, 5.41) is 3.69. The summed E-state index contributed by atoms with van der Waals surface area (Å²) in [6.07, 6.45) is 0.655. The highest BCUT2D eigenvalue weighted by Crippen LogP contribution is 2.33. The molecule has 0 spiro atoms. The molecule has 1 amide bonds. The number of methoxy groups -OCH3 is 2. The van der Waals surface area contributed by atoms with Gasteiger partial charge in [0.1, 0.15) is 10.6 Å². The molecule has 0 saturated heterocycles. The van der Waals surface area contributed by atoms with Gasteiger partial charge in [-0.15, -0.1) is 0 Å². The van der Waals surface area contributed by atoms with E-state index in [1.165, 1.54) is 14.0 Å². The molecule has 1 aromatic heterocycles. The van der Waals surface area contributed by atoms with Crippen LogP contribution in [0.15, 0.2) is 21.6 Å². The maximum absolute atomic E-state index is 12.8. The summed E-state index contributed by atoms with van der Waals surface area (Å²) < 4.78 is 42.3. The number of amides is 1. The molecular weight excluding hydrogens is 398 g/mol. The molecule has 0 unspecified atom stereocenters. The SMILES string of the molecule is COc1cc2c(cc1OC)CN(C(=O)CN(C)S(=O)(=O)c1c(C)noc1C)CC2. The van der Waals surface area contributed by atoms with Crippen molar-refractivity contribution in [2.45, 2.75) is 31.7 Å². The zero-order chi connectivity index (χ0) is 21.3. The Balaban J connectivity index is 1.75. The Bertz CT molecular complexity index is 1010. The van der Waals surface area contributed by atoms with E-state index < -0.39 is 10.0 Å². The second kappa shape index (κ2) is 8.03. The van der Waals surface area contributed by atoms with E-state index in [0.717, 1.165) is 15.4 Å². The van der Waals surface area contributed by atoms with E-state index in [9.17, 15) is 13.2 Å². The van der Waals surface area contributed by atoms with Gasteiger partial charge in [0.25, 0.3) is 0 Å². The molecule has 0 fully saturated rings. The van der Waals surface area contributed by atoms with Crippen molar-refractivity contribution in [1.29, 1.82) is 0 Å². The molecule has 1 aliphatic heterocycles. The second-order valence-electron chi connectivity index (χ2n) is 6.96. The molecule has 10 heteroatoms. The zero-order valence-corrected chi connectivity index (χ0v) is 18.0. The Morgan fingerprint density at radius 3 is 2.38 bits per heavy atom. The third kappa shape index (κ3) is 3.95. The van der Waals surface area contributed by atoms with Crippen LogP contribution in [0.4, 0.5) is 0 Å². The molecule has 0 radical (unpaired) electrons. The fraction of sp³-hybridized carbons (Fsp3) is 0.474. The first-order valence-electron chi connectivity index (χ1n) is 9.09. The van der Waals surface area contributed by atoms with Crippen LogP contribution in [0.1, 0.15) is 22.6 Å². The Morgan fingerprint density at radius 2 is 1.83 bits per heavy atom. The summed E-state index contributed by atoms with van der Waals surface area (Å²) in [6.45, 7) is 3.71. The van der Waals surface area contributed by atoms with Crippen molar-refractivity contribution >= 4 is 15.9 Å². The zero-order valence-electron chi connectivity index (χ0n) is 17.2. The molecule has 2 heterocycles. The average molecular weight is 423 g/mol. The van der Waals surface area contributed by atoms with E-state index in [4.69, 9.17) is 14.0 Å². The standard InChI is InChI=1S/C19H25N3O6S/c1-12-19(13(2)28-20-12)29(24,25)21(3)11-18(23)22-7-6-14-8-16(26-4)17(27-5)9-15(14)10-22/h8-9H,6-7,10-11H2,1-5H3. The molecule has 0 atom stereocenters. The maximum Gasteiger partial charge on any atom is 0.248 e. The van der Waals surface area contributed by atoms with Crippen LogP contribution in [0.5, 0.6) is 11.5 Å². The highest BCUT2D eigenvalue weighted by atomic mass is 32.2. The van der Waals surface area contributed by atoms with Gasteiger partial charge in [-0.05, 0) is 43.5 Å². The van der Waals surface area contributed by atoms with Crippen molar-refractivity contribution in [3.05, 3.63) is 34.7 Å². The van der Waals surface area contributed by atoms with Gasteiger partial charge in [0.05, 0.1) is 20.8 Å². The van der Waals surface area contributed by atoms with Crippen LogP contribution in [0.2, 0.25) is 0 Å². The maximum atomic E-state index is 12.8. The number of fused-ring (bicyclic) bond motifs is 1. The van der Waals surface area contributed by atoms with E-state index >= 15 is 0 Å². The number of sulfonamides is 1. The van der Waals surface area contributed by atoms with E-state index in [0.29, 0.717) is 31.0 Å². The van der Waals surface area contributed by atoms with Gasteiger partial charge in [-0.1, -0.05) is 5.16 Å². The quantitative estimate of drug-likeness (QED) is 0.694. The van der Waals surface area contributed by atoms with Gasteiger partial charge in [0.2, 0.25) is 15.9 Å². The molecule has 0 aliphatic carbocycles. The molecule has 0 bridgehead atoms. The fourth-order valence-corrected chi connectivity index (χ4v) is 4.87. The van der Waals surface area contributed by atoms with Crippen LogP contribution in [0.25, 0.3) is 0 Å². The smallest absolute Gasteiger partial charge is 0.248 e. The van der Waals surface area contributed by atoms with Crippen molar-refractivity contribution in [1.82, 2.24) is 14.4 Å². The number of aryl methyl sites for hydroxylation is 2. The number of hydrogen-bond acceptors (Lipinski definition) is 7. The number of aromatic nitrogens is 1. The van der Waals surface area contributed by atoms with Gasteiger partial charge >= 0.3 is 0 Å². The molecule has 3 rings (SSSR count). The molecule has 158 valence electrons. The predicted octanol–water partition coefficient (Wildman–Crippen LogP) is 1.51. The number of likely N-dealkylation sites (N-methyl/N-ethyl adjacent to an activating group) is 1. The number of hydrogen-bond donors (Lipinski definition) is 0. The second-order valence-corrected chi connectivity index (χ2v) is 8.94. The summed E-state index contributed by atoms with van der Waals surface area (Å²) in [5.74, 6) is 1.17. The summed E-state index contributed by atoms with van der Waals surface area (Å²) >= 11 is 0. The molecule has 0 N–H and O–H groups in total. The lowest BCUT2D eigenvalue weighted by Crippen LogP contribution is -2.43. The molecular formula is C19H25N3O6S. The third-order valence-corrected chi connectivity index (χ3v) is 7.11. The monoisotopic (exact) mass is 423 g/mol. The van der Waals surface area contributed by atoms with Crippen molar-refractivity contribution < 1.29 is 27.2 Å². The Labute approximate surface area is 170 Å². The van der Waals surface area contributed by atoms with Crippen molar-refractivity contribution in [3.63, 3.8) is 0 Å². The molecule has 9 nitrogen and oxygen atoms in total. The Kier molecular flexibility index (Phi) is 5.85. The first-order chi connectivity index (χ1) is 13.7. The average Bonchev–Trinajstić information content (AvgIpc) is 3.04. The van der Waals surface area contributed by atoms with Gasteiger partial charge in [-0.25, -0.2) is 8.42 Å². The third-order valence-electron chi connectivity index (χ3n) is 5.06. The van der Waals surface area contributed by atoms with Gasteiger partial charge in [0, 0.05) is 20.1 Å². The van der Waals surface area contributed by atoms with Crippen LogP contribution < -0.4 is 9.47 Å². The van der Waals surface area contributed by atoms with E-state index in [-0.39, 0.29) is 28.8 Å². The minimum atomic E-state index is -3.88. The first kappa shape index (κ1) is 21.1. The number of carbonyl (C=O) groups excluding carboxylic acids is 1.